The molecule has 3 rings (SSSR count). The number of fused-ring (bicyclic) bond motifs is 1. The highest BCUT2D eigenvalue weighted by atomic mass is 16.5. The van der Waals surface area contributed by atoms with E-state index in [9.17, 15) is 0 Å². The minimum Gasteiger partial charge on any atom is -0.493 e. The van der Waals surface area contributed by atoms with Gasteiger partial charge in [0.1, 0.15) is 17.9 Å². The zero-order chi connectivity index (χ0) is 13.8. The van der Waals surface area contributed by atoms with Crippen molar-refractivity contribution in [3.8, 4) is 5.75 Å². The summed E-state index contributed by atoms with van der Waals surface area (Å²) in [6, 6.07) is 6.86. The third-order valence-electron chi connectivity index (χ3n) is 3.72. The lowest BCUT2D eigenvalue weighted by atomic mass is 10.0. The van der Waals surface area contributed by atoms with Gasteiger partial charge in [0.15, 0.2) is 0 Å². The number of rotatable bonds is 6. The van der Waals surface area contributed by atoms with Gasteiger partial charge in [0.2, 0.25) is 0 Å². The Bertz CT molecular complexity index is 553. The molecule has 20 heavy (non-hydrogen) atoms. The number of ether oxygens (including phenoxy) is 1. The van der Waals surface area contributed by atoms with Crippen LogP contribution in [0.2, 0.25) is 0 Å². The number of aromatic amines is 1. The minimum absolute atomic E-state index is 0.357. The average Bonchev–Trinajstić information content (AvgIpc) is 3.13. The third kappa shape index (κ3) is 2.99. The summed E-state index contributed by atoms with van der Waals surface area (Å²) in [5.41, 5.74) is 2.66. The molecular weight excluding hydrogens is 252 g/mol. The molecule has 1 aliphatic heterocycles. The van der Waals surface area contributed by atoms with Crippen molar-refractivity contribution in [1.29, 1.82) is 0 Å². The summed E-state index contributed by atoms with van der Waals surface area (Å²) in [7, 11) is 0. The van der Waals surface area contributed by atoms with E-state index in [1.165, 1.54) is 11.1 Å². The SMILES string of the molecule is CC(NCCCc1ncn[nH]1)c1ccc2c(c1)CCO2. The van der Waals surface area contributed by atoms with E-state index in [1.54, 1.807) is 6.33 Å². The lowest BCUT2D eigenvalue weighted by Crippen LogP contribution is -2.20. The smallest absolute Gasteiger partial charge is 0.137 e. The Kier molecular flexibility index (Phi) is 3.97. The molecule has 2 N–H and O–H groups in total. The maximum absolute atomic E-state index is 5.54. The largest absolute Gasteiger partial charge is 0.493 e. The van der Waals surface area contributed by atoms with Gasteiger partial charge in [0.25, 0.3) is 0 Å². The summed E-state index contributed by atoms with van der Waals surface area (Å²) in [5, 5.41) is 10.3. The van der Waals surface area contributed by atoms with Crippen molar-refractivity contribution in [3.05, 3.63) is 41.5 Å². The number of nitrogens with zero attached hydrogens (tertiary/aromatic N) is 2. The monoisotopic (exact) mass is 272 g/mol. The molecule has 0 aliphatic carbocycles. The first-order chi connectivity index (χ1) is 9.83. The molecule has 0 saturated heterocycles. The van der Waals surface area contributed by atoms with Gasteiger partial charge < -0.3 is 10.1 Å². The standard InChI is InChI=1S/C15H20N4O/c1-11(16-7-2-3-15-17-10-18-19-15)12-4-5-14-13(9-12)6-8-20-14/h4-5,9-11,16H,2-3,6-8H2,1H3,(H,17,18,19). The molecule has 5 nitrogen and oxygen atoms in total. The number of aromatic nitrogens is 3. The third-order valence-corrected chi connectivity index (χ3v) is 3.72. The highest BCUT2D eigenvalue weighted by Gasteiger charge is 2.14. The number of nitrogens with one attached hydrogen (secondary N) is 2. The summed E-state index contributed by atoms with van der Waals surface area (Å²) in [5.74, 6) is 2.00. The lowest BCUT2D eigenvalue weighted by Gasteiger charge is -2.15. The van der Waals surface area contributed by atoms with Gasteiger partial charge in [-0.05, 0) is 37.1 Å². The second-order valence-corrected chi connectivity index (χ2v) is 5.18. The molecule has 1 aromatic heterocycles. The molecule has 1 atom stereocenters. The van der Waals surface area contributed by atoms with E-state index < -0.39 is 0 Å². The summed E-state index contributed by atoms with van der Waals surface area (Å²) in [6.45, 7) is 3.99. The van der Waals surface area contributed by atoms with Gasteiger partial charge in [-0.2, -0.15) is 5.10 Å². The van der Waals surface area contributed by atoms with Crippen LogP contribution in [0, 0.1) is 0 Å². The first-order valence-corrected chi connectivity index (χ1v) is 7.16. The van der Waals surface area contributed by atoms with Gasteiger partial charge in [0, 0.05) is 18.9 Å². The van der Waals surface area contributed by atoms with Crippen molar-refractivity contribution in [2.75, 3.05) is 13.2 Å². The first kappa shape index (κ1) is 13.1. The van der Waals surface area contributed by atoms with Crippen molar-refractivity contribution in [2.45, 2.75) is 32.2 Å². The van der Waals surface area contributed by atoms with E-state index in [4.69, 9.17) is 4.74 Å². The molecule has 0 bridgehead atoms. The fraction of sp³-hybridized carbons (Fsp3) is 0.467. The van der Waals surface area contributed by atoms with Crippen LogP contribution in [0.3, 0.4) is 0 Å². The zero-order valence-corrected chi connectivity index (χ0v) is 11.7. The Hall–Kier alpha value is -1.88. The molecule has 5 heteroatoms. The van der Waals surface area contributed by atoms with E-state index in [0.29, 0.717) is 6.04 Å². The highest BCUT2D eigenvalue weighted by Crippen LogP contribution is 2.27. The second-order valence-electron chi connectivity index (χ2n) is 5.18. The highest BCUT2D eigenvalue weighted by molar-refractivity contribution is 5.40. The molecule has 1 aliphatic rings. The Morgan fingerprint density at radius 3 is 3.25 bits per heavy atom. The van der Waals surface area contributed by atoms with Crippen molar-refractivity contribution >= 4 is 0 Å². The second kappa shape index (κ2) is 6.05. The number of hydrogen-bond acceptors (Lipinski definition) is 4. The Morgan fingerprint density at radius 1 is 1.45 bits per heavy atom. The molecule has 2 heterocycles. The van der Waals surface area contributed by atoms with Gasteiger partial charge in [-0.3, -0.25) is 5.10 Å². The van der Waals surface area contributed by atoms with E-state index in [1.807, 2.05) is 0 Å². The van der Waals surface area contributed by atoms with Crippen LogP contribution >= 0.6 is 0 Å². The van der Waals surface area contributed by atoms with Gasteiger partial charge in [-0.15, -0.1) is 0 Å². The summed E-state index contributed by atoms with van der Waals surface area (Å²) >= 11 is 0. The van der Waals surface area contributed by atoms with Crippen molar-refractivity contribution < 1.29 is 4.74 Å². The van der Waals surface area contributed by atoms with Gasteiger partial charge >= 0.3 is 0 Å². The predicted molar refractivity (Wildman–Crippen MR) is 76.8 cm³/mol. The molecule has 0 amide bonds. The molecule has 1 aromatic carbocycles. The maximum atomic E-state index is 5.54. The molecule has 1 unspecified atom stereocenters. The van der Waals surface area contributed by atoms with Crippen molar-refractivity contribution in [2.24, 2.45) is 0 Å². The molecular formula is C15H20N4O. The minimum atomic E-state index is 0.357. The summed E-state index contributed by atoms with van der Waals surface area (Å²) in [4.78, 5) is 4.12. The van der Waals surface area contributed by atoms with Gasteiger partial charge in [-0.25, -0.2) is 4.98 Å². The number of hydrogen-bond donors (Lipinski definition) is 2. The molecule has 0 fully saturated rings. The van der Waals surface area contributed by atoms with Crippen LogP contribution in [0.25, 0.3) is 0 Å². The number of benzene rings is 1. The molecule has 0 saturated carbocycles. The Labute approximate surface area is 118 Å². The molecule has 0 radical (unpaired) electrons. The summed E-state index contributed by atoms with van der Waals surface area (Å²) in [6.07, 6.45) is 4.56. The van der Waals surface area contributed by atoms with Crippen LogP contribution < -0.4 is 10.1 Å². The topological polar surface area (TPSA) is 62.8 Å². The fourth-order valence-electron chi connectivity index (χ4n) is 2.52. The summed E-state index contributed by atoms with van der Waals surface area (Å²) < 4.78 is 5.54. The van der Waals surface area contributed by atoms with Crippen LogP contribution in [0.1, 0.15) is 36.3 Å². The zero-order valence-electron chi connectivity index (χ0n) is 11.7. The average molecular weight is 272 g/mol. The number of H-pyrrole nitrogens is 1. The van der Waals surface area contributed by atoms with Crippen LogP contribution in [0.15, 0.2) is 24.5 Å². The number of aryl methyl sites for hydroxylation is 1. The lowest BCUT2D eigenvalue weighted by molar-refractivity contribution is 0.356. The Morgan fingerprint density at radius 2 is 2.40 bits per heavy atom. The molecule has 2 aromatic rings. The first-order valence-electron chi connectivity index (χ1n) is 7.16. The molecule has 106 valence electrons. The maximum Gasteiger partial charge on any atom is 0.137 e. The van der Waals surface area contributed by atoms with E-state index in [0.717, 1.165) is 44.0 Å². The van der Waals surface area contributed by atoms with Crippen LogP contribution in [-0.2, 0) is 12.8 Å². The van der Waals surface area contributed by atoms with Gasteiger partial charge in [-0.1, -0.05) is 12.1 Å². The van der Waals surface area contributed by atoms with Crippen molar-refractivity contribution in [1.82, 2.24) is 20.5 Å². The van der Waals surface area contributed by atoms with Crippen LogP contribution in [-0.4, -0.2) is 28.3 Å². The van der Waals surface area contributed by atoms with Crippen molar-refractivity contribution in [3.63, 3.8) is 0 Å². The fourth-order valence-corrected chi connectivity index (χ4v) is 2.52. The normalized spacial score (nSPS) is 14.8. The van der Waals surface area contributed by atoms with Gasteiger partial charge in [0.05, 0.1) is 6.61 Å². The van der Waals surface area contributed by atoms with E-state index in [-0.39, 0.29) is 0 Å². The van der Waals surface area contributed by atoms with Crippen LogP contribution in [0.4, 0.5) is 0 Å². The Balaban J connectivity index is 1.48. The molecule has 0 spiro atoms. The van der Waals surface area contributed by atoms with Crippen LogP contribution in [0.5, 0.6) is 5.75 Å². The predicted octanol–water partition coefficient (Wildman–Crippen LogP) is 2.02. The quantitative estimate of drug-likeness (QED) is 0.790. The van der Waals surface area contributed by atoms with E-state index >= 15 is 0 Å². The van der Waals surface area contributed by atoms with E-state index in [2.05, 4.69) is 45.6 Å².